The van der Waals surface area contributed by atoms with Crippen LogP contribution in [-0.4, -0.2) is 31.2 Å². The molecule has 34 heavy (non-hydrogen) atoms. The first-order valence-corrected chi connectivity index (χ1v) is 11.9. The molecular weight excluding hydrogens is 494 g/mol. The molecule has 0 bridgehead atoms. The summed E-state index contributed by atoms with van der Waals surface area (Å²) in [6, 6.07) is 19.9. The van der Waals surface area contributed by atoms with Crippen LogP contribution in [0.3, 0.4) is 0 Å². The van der Waals surface area contributed by atoms with Crippen LogP contribution in [0.15, 0.2) is 71.3 Å². The second-order valence-electron chi connectivity index (χ2n) is 8.10. The summed E-state index contributed by atoms with van der Waals surface area (Å²) < 4.78 is 12.0. The molecule has 0 radical (unpaired) electrons. The number of ether oxygens (including phenoxy) is 2. The van der Waals surface area contributed by atoms with Gasteiger partial charge in [0.2, 0.25) is 0 Å². The van der Waals surface area contributed by atoms with Crippen molar-refractivity contribution in [3.63, 3.8) is 0 Å². The molecule has 0 aliphatic carbocycles. The van der Waals surface area contributed by atoms with Crippen LogP contribution in [0.4, 0.5) is 5.69 Å². The van der Waals surface area contributed by atoms with Gasteiger partial charge in [-0.25, -0.2) is 0 Å². The monoisotopic (exact) mass is 521 g/mol. The number of amides is 1. The van der Waals surface area contributed by atoms with Crippen molar-refractivity contribution >= 4 is 38.4 Å². The topological polar surface area (TPSA) is 75.4 Å². The van der Waals surface area contributed by atoms with Gasteiger partial charge in [0, 0.05) is 29.3 Å². The Kier molecular flexibility index (Phi) is 7.87. The van der Waals surface area contributed by atoms with Gasteiger partial charge in [-0.1, -0.05) is 35.9 Å². The van der Waals surface area contributed by atoms with E-state index in [2.05, 4.69) is 55.9 Å². The van der Waals surface area contributed by atoms with E-state index in [1.165, 1.54) is 10.9 Å². The molecule has 0 aliphatic rings. The smallest absolute Gasteiger partial charge is 0.262 e. The van der Waals surface area contributed by atoms with E-state index in [0.29, 0.717) is 18.0 Å². The average Bonchev–Trinajstić information content (AvgIpc) is 3.25. The zero-order chi connectivity index (χ0) is 23.9. The predicted molar refractivity (Wildman–Crippen MR) is 140 cm³/mol. The van der Waals surface area contributed by atoms with Gasteiger partial charge in [0.25, 0.3) is 5.91 Å². The number of aromatic nitrogens is 1. The standard InChI is InChI=1S/C27H28BrN3O3/c1-18-7-9-21(10-8-18)31-26(32)17-34-27-23(28)13-19(14-25(27)33-2)15-29-12-11-20-16-30-24-6-4-3-5-22(20)24/h3-10,13-14,16,29-30H,11-12,15,17H2,1-2H3,(H,31,32). The summed E-state index contributed by atoms with van der Waals surface area (Å²) in [4.78, 5) is 15.6. The van der Waals surface area contributed by atoms with Crippen molar-refractivity contribution in [3.05, 3.63) is 88.0 Å². The molecule has 0 atom stereocenters. The summed E-state index contributed by atoms with van der Waals surface area (Å²) in [7, 11) is 1.59. The number of aromatic amines is 1. The zero-order valence-electron chi connectivity index (χ0n) is 19.3. The van der Waals surface area contributed by atoms with Gasteiger partial charge in [-0.2, -0.15) is 0 Å². The molecule has 0 saturated carbocycles. The Morgan fingerprint density at radius 3 is 2.68 bits per heavy atom. The van der Waals surface area contributed by atoms with Crippen molar-refractivity contribution < 1.29 is 14.3 Å². The molecular formula is C27H28BrN3O3. The molecule has 176 valence electrons. The highest BCUT2D eigenvalue weighted by Gasteiger charge is 2.14. The lowest BCUT2D eigenvalue weighted by molar-refractivity contribution is -0.118. The molecule has 3 aromatic carbocycles. The Labute approximate surface area is 207 Å². The maximum absolute atomic E-state index is 12.3. The third-order valence-corrected chi connectivity index (χ3v) is 6.14. The highest BCUT2D eigenvalue weighted by Crippen LogP contribution is 2.36. The minimum absolute atomic E-state index is 0.120. The molecule has 0 aliphatic heterocycles. The van der Waals surface area contributed by atoms with Gasteiger partial charge >= 0.3 is 0 Å². The summed E-state index contributed by atoms with van der Waals surface area (Å²) in [5.41, 5.74) is 5.39. The fourth-order valence-corrected chi connectivity index (χ4v) is 4.39. The van der Waals surface area contributed by atoms with Crippen LogP contribution < -0.4 is 20.1 Å². The van der Waals surface area contributed by atoms with Gasteiger partial charge in [0.05, 0.1) is 11.6 Å². The highest BCUT2D eigenvalue weighted by molar-refractivity contribution is 9.10. The Morgan fingerprint density at radius 2 is 1.88 bits per heavy atom. The number of aryl methyl sites for hydroxylation is 1. The van der Waals surface area contributed by atoms with Gasteiger partial charge in [0.1, 0.15) is 0 Å². The third-order valence-electron chi connectivity index (χ3n) is 5.55. The van der Waals surface area contributed by atoms with Gasteiger partial charge in [0.15, 0.2) is 18.1 Å². The van der Waals surface area contributed by atoms with E-state index in [1.54, 1.807) is 7.11 Å². The summed E-state index contributed by atoms with van der Waals surface area (Å²) in [6.07, 6.45) is 3.01. The molecule has 4 rings (SSSR count). The molecule has 0 spiro atoms. The number of halogens is 1. The zero-order valence-corrected chi connectivity index (χ0v) is 20.9. The van der Waals surface area contributed by atoms with Crippen LogP contribution in [-0.2, 0) is 17.8 Å². The number of nitrogens with one attached hydrogen (secondary N) is 3. The number of anilines is 1. The first kappa shape index (κ1) is 23.9. The lowest BCUT2D eigenvalue weighted by Crippen LogP contribution is -2.20. The van der Waals surface area contributed by atoms with Gasteiger partial charge in [-0.15, -0.1) is 0 Å². The number of H-pyrrole nitrogens is 1. The van der Waals surface area contributed by atoms with E-state index < -0.39 is 0 Å². The maximum atomic E-state index is 12.3. The van der Waals surface area contributed by atoms with Crippen LogP contribution in [0.2, 0.25) is 0 Å². The first-order chi connectivity index (χ1) is 16.5. The number of carbonyl (C=O) groups excluding carboxylic acids is 1. The number of benzene rings is 3. The maximum Gasteiger partial charge on any atom is 0.262 e. The molecule has 1 aromatic heterocycles. The first-order valence-electron chi connectivity index (χ1n) is 11.1. The minimum Gasteiger partial charge on any atom is -0.493 e. The van der Waals surface area contributed by atoms with Crippen LogP contribution in [0.1, 0.15) is 16.7 Å². The molecule has 7 heteroatoms. The number of rotatable bonds is 10. The fourth-order valence-electron chi connectivity index (χ4n) is 3.78. The summed E-state index contributed by atoms with van der Waals surface area (Å²) in [5, 5.41) is 7.59. The second kappa shape index (κ2) is 11.2. The number of hydrogen-bond donors (Lipinski definition) is 3. The molecule has 0 unspecified atom stereocenters. The molecule has 0 fully saturated rings. The predicted octanol–water partition coefficient (Wildman–Crippen LogP) is 5.60. The molecule has 6 nitrogen and oxygen atoms in total. The summed E-state index contributed by atoms with van der Waals surface area (Å²) >= 11 is 3.56. The summed E-state index contributed by atoms with van der Waals surface area (Å²) in [5.74, 6) is 0.843. The van der Waals surface area contributed by atoms with E-state index in [9.17, 15) is 4.79 Å². The van der Waals surface area contributed by atoms with Gasteiger partial charge in [-0.05, 0) is 77.3 Å². The van der Waals surface area contributed by atoms with E-state index in [0.717, 1.165) is 39.8 Å². The fraction of sp³-hybridized carbons (Fsp3) is 0.222. The summed E-state index contributed by atoms with van der Waals surface area (Å²) in [6.45, 7) is 3.41. The molecule has 0 saturated heterocycles. The van der Waals surface area contributed by atoms with Crippen molar-refractivity contribution in [1.82, 2.24) is 10.3 Å². The lowest BCUT2D eigenvalue weighted by atomic mass is 10.1. The van der Waals surface area contributed by atoms with Crippen LogP contribution in [0.25, 0.3) is 10.9 Å². The molecule has 4 aromatic rings. The molecule has 1 heterocycles. The van der Waals surface area contributed by atoms with Gasteiger partial charge in [-0.3, -0.25) is 4.79 Å². The number of carbonyl (C=O) groups is 1. The van der Waals surface area contributed by atoms with Crippen LogP contribution in [0, 0.1) is 6.92 Å². The number of fused-ring (bicyclic) bond motifs is 1. The Balaban J connectivity index is 1.31. The van der Waals surface area contributed by atoms with E-state index in [4.69, 9.17) is 9.47 Å². The van der Waals surface area contributed by atoms with Crippen molar-refractivity contribution in [2.45, 2.75) is 19.9 Å². The minimum atomic E-state index is -0.235. The molecule has 3 N–H and O–H groups in total. The van der Waals surface area contributed by atoms with Crippen molar-refractivity contribution in [2.75, 3.05) is 25.6 Å². The Hall–Kier alpha value is -3.29. The lowest BCUT2D eigenvalue weighted by Gasteiger charge is -2.15. The van der Waals surface area contributed by atoms with Crippen molar-refractivity contribution in [2.24, 2.45) is 0 Å². The van der Waals surface area contributed by atoms with E-state index >= 15 is 0 Å². The second-order valence-corrected chi connectivity index (χ2v) is 8.95. The SMILES string of the molecule is COc1cc(CNCCc2c[nH]c3ccccc23)cc(Br)c1OCC(=O)Nc1ccc(C)cc1. The van der Waals surface area contributed by atoms with Crippen molar-refractivity contribution in [1.29, 1.82) is 0 Å². The van der Waals surface area contributed by atoms with Crippen LogP contribution in [0.5, 0.6) is 11.5 Å². The van der Waals surface area contributed by atoms with Crippen LogP contribution >= 0.6 is 15.9 Å². The Morgan fingerprint density at radius 1 is 1.09 bits per heavy atom. The quantitative estimate of drug-likeness (QED) is 0.237. The van der Waals surface area contributed by atoms with E-state index in [1.807, 2.05) is 49.4 Å². The normalized spacial score (nSPS) is 10.9. The highest BCUT2D eigenvalue weighted by atomic mass is 79.9. The number of methoxy groups -OCH3 is 1. The third kappa shape index (κ3) is 5.98. The van der Waals surface area contributed by atoms with Gasteiger partial charge < -0.3 is 25.1 Å². The number of hydrogen-bond acceptors (Lipinski definition) is 4. The van der Waals surface area contributed by atoms with Crippen molar-refractivity contribution in [3.8, 4) is 11.5 Å². The molecule has 1 amide bonds. The largest absolute Gasteiger partial charge is 0.493 e. The Bertz CT molecular complexity index is 1270. The number of para-hydroxylation sites is 1. The van der Waals surface area contributed by atoms with E-state index in [-0.39, 0.29) is 12.5 Å². The average molecular weight is 522 g/mol.